The summed E-state index contributed by atoms with van der Waals surface area (Å²) in [7, 11) is 0. The van der Waals surface area contributed by atoms with Crippen LogP contribution < -0.4 is 0 Å². The Morgan fingerprint density at radius 3 is 1.73 bits per heavy atom. The quantitative estimate of drug-likeness (QED) is 0.212. The summed E-state index contributed by atoms with van der Waals surface area (Å²) in [6, 6.07) is 0. The molecule has 0 bridgehead atoms. The summed E-state index contributed by atoms with van der Waals surface area (Å²) in [4.78, 5) is 0. The van der Waals surface area contributed by atoms with E-state index in [2.05, 4.69) is 0 Å². The summed E-state index contributed by atoms with van der Waals surface area (Å²) >= 11 is 0. The minimum absolute atomic E-state index is 0.0633. The molecule has 2 fully saturated rings. The molecule has 11 nitrogen and oxygen atoms in total. The van der Waals surface area contributed by atoms with Gasteiger partial charge in [-0.25, -0.2) is 0 Å². The van der Waals surface area contributed by atoms with Gasteiger partial charge in [-0.1, -0.05) is 13.3 Å². The molecule has 0 aromatic rings. The summed E-state index contributed by atoms with van der Waals surface area (Å²) in [5.74, 6) is -4.32. The molecule has 26 heavy (non-hydrogen) atoms. The third kappa shape index (κ3) is 3.50. The van der Waals surface area contributed by atoms with Crippen molar-refractivity contribution in [3.05, 3.63) is 0 Å². The first-order chi connectivity index (χ1) is 12.2. The van der Waals surface area contributed by atoms with Gasteiger partial charge in [-0.05, 0) is 0 Å². The third-order valence-electron chi connectivity index (χ3n) is 4.89. The van der Waals surface area contributed by atoms with Gasteiger partial charge in [0.2, 0.25) is 11.6 Å². The van der Waals surface area contributed by atoms with Crippen LogP contribution in [-0.4, -0.2) is 115 Å². The van der Waals surface area contributed by atoms with Crippen LogP contribution in [0.1, 0.15) is 19.8 Å². The second-order valence-corrected chi connectivity index (χ2v) is 6.67. The fraction of sp³-hybridized carbons (Fsp3) is 1.00. The fourth-order valence-corrected chi connectivity index (χ4v) is 3.44. The van der Waals surface area contributed by atoms with Gasteiger partial charge in [0.25, 0.3) is 0 Å². The molecule has 2 heterocycles. The van der Waals surface area contributed by atoms with Gasteiger partial charge in [0.15, 0.2) is 0 Å². The highest BCUT2D eigenvalue weighted by atomic mass is 16.8. The summed E-state index contributed by atoms with van der Waals surface area (Å²) in [5, 5.41) is 79.2. The lowest BCUT2D eigenvalue weighted by atomic mass is 9.89. The smallest absolute Gasteiger partial charge is 0.224 e. The van der Waals surface area contributed by atoms with Crippen LogP contribution in [0.15, 0.2) is 0 Å². The Labute approximate surface area is 150 Å². The van der Waals surface area contributed by atoms with Crippen LogP contribution >= 0.6 is 0 Å². The Kier molecular flexibility index (Phi) is 6.97. The van der Waals surface area contributed by atoms with Gasteiger partial charge < -0.3 is 55.1 Å². The van der Waals surface area contributed by atoms with Crippen LogP contribution in [-0.2, 0) is 14.2 Å². The fourth-order valence-electron chi connectivity index (χ4n) is 3.44. The van der Waals surface area contributed by atoms with Crippen molar-refractivity contribution >= 4 is 0 Å². The zero-order chi connectivity index (χ0) is 19.7. The SMILES string of the molecule is CCC[C@@]1(OC2(CO)O[C@H](CO)[C@@H](O)[C@@H]2O)O[C@H](CO)[C@@H](O)[C@H](O)[C@H]1O. The number of hydrogen-bond donors (Lipinski definition) is 8. The van der Waals surface area contributed by atoms with Crippen molar-refractivity contribution in [3.8, 4) is 0 Å². The molecule has 0 amide bonds. The molecule has 2 saturated heterocycles. The Morgan fingerprint density at radius 1 is 0.769 bits per heavy atom. The van der Waals surface area contributed by atoms with E-state index in [9.17, 15) is 40.9 Å². The molecule has 9 atom stereocenters. The molecule has 0 saturated carbocycles. The molecular formula is C15H28O11. The van der Waals surface area contributed by atoms with Crippen LogP contribution in [0.5, 0.6) is 0 Å². The number of aliphatic hydroxyl groups is 8. The van der Waals surface area contributed by atoms with Crippen LogP contribution in [0.3, 0.4) is 0 Å². The Hall–Kier alpha value is -0.440. The van der Waals surface area contributed by atoms with Crippen molar-refractivity contribution in [2.45, 2.75) is 74.1 Å². The summed E-state index contributed by atoms with van der Waals surface area (Å²) in [6.07, 6.45) is -10.8. The summed E-state index contributed by atoms with van der Waals surface area (Å²) < 4.78 is 16.5. The molecule has 2 rings (SSSR count). The van der Waals surface area contributed by atoms with Gasteiger partial charge in [0, 0.05) is 6.42 Å². The van der Waals surface area contributed by atoms with E-state index in [0.29, 0.717) is 6.42 Å². The number of aliphatic hydroxyl groups excluding tert-OH is 8. The minimum atomic E-state index is -2.26. The Bertz CT molecular complexity index is 463. The van der Waals surface area contributed by atoms with Crippen LogP contribution in [0.25, 0.3) is 0 Å². The lowest BCUT2D eigenvalue weighted by Gasteiger charge is -2.51. The van der Waals surface area contributed by atoms with E-state index in [4.69, 9.17) is 14.2 Å². The van der Waals surface area contributed by atoms with E-state index < -0.39 is 74.1 Å². The van der Waals surface area contributed by atoms with Gasteiger partial charge in [-0.15, -0.1) is 0 Å². The Balaban J connectivity index is 2.39. The minimum Gasteiger partial charge on any atom is -0.394 e. The highest BCUT2D eigenvalue weighted by molar-refractivity contribution is 5.02. The van der Waals surface area contributed by atoms with E-state index in [0.717, 1.165) is 0 Å². The van der Waals surface area contributed by atoms with E-state index in [1.807, 2.05) is 0 Å². The number of rotatable bonds is 7. The van der Waals surface area contributed by atoms with Crippen molar-refractivity contribution in [3.63, 3.8) is 0 Å². The van der Waals surface area contributed by atoms with Crippen LogP contribution in [0.2, 0.25) is 0 Å². The largest absolute Gasteiger partial charge is 0.394 e. The maximum Gasteiger partial charge on any atom is 0.224 e. The molecule has 154 valence electrons. The zero-order valence-corrected chi connectivity index (χ0v) is 14.4. The molecule has 2 aliphatic rings. The highest BCUT2D eigenvalue weighted by Gasteiger charge is 2.63. The molecule has 11 heteroatoms. The number of hydrogen-bond acceptors (Lipinski definition) is 11. The maximum atomic E-state index is 10.5. The monoisotopic (exact) mass is 384 g/mol. The third-order valence-corrected chi connectivity index (χ3v) is 4.89. The van der Waals surface area contributed by atoms with Gasteiger partial charge >= 0.3 is 0 Å². The first-order valence-electron chi connectivity index (χ1n) is 8.50. The normalized spacial score (nSPS) is 49.5. The van der Waals surface area contributed by atoms with E-state index in [1.165, 1.54) is 0 Å². The van der Waals surface area contributed by atoms with E-state index in [1.54, 1.807) is 6.92 Å². The van der Waals surface area contributed by atoms with E-state index in [-0.39, 0.29) is 6.42 Å². The Morgan fingerprint density at radius 2 is 1.27 bits per heavy atom. The second-order valence-electron chi connectivity index (χ2n) is 6.67. The summed E-state index contributed by atoms with van der Waals surface area (Å²) in [6.45, 7) is -0.632. The summed E-state index contributed by atoms with van der Waals surface area (Å²) in [5.41, 5.74) is 0. The zero-order valence-electron chi connectivity index (χ0n) is 14.4. The van der Waals surface area contributed by atoms with Gasteiger partial charge in [0.1, 0.15) is 49.3 Å². The van der Waals surface area contributed by atoms with E-state index >= 15 is 0 Å². The average molecular weight is 384 g/mol. The van der Waals surface area contributed by atoms with Crippen LogP contribution in [0.4, 0.5) is 0 Å². The molecule has 0 aromatic carbocycles. The highest BCUT2D eigenvalue weighted by Crippen LogP contribution is 2.42. The van der Waals surface area contributed by atoms with Crippen molar-refractivity contribution in [1.82, 2.24) is 0 Å². The first kappa shape index (κ1) is 21.9. The molecule has 8 N–H and O–H groups in total. The average Bonchev–Trinajstić information content (AvgIpc) is 2.88. The number of ether oxygens (including phenoxy) is 3. The standard InChI is InChI=1S/C15H28O11/c1-2-3-14(13(23)11(21)9(19)7(4-16)24-14)26-15(6-18)12(22)10(20)8(5-17)25-15/h7-13,16-23H,2-6H2,1H3/t7-,8-,9-,10-,11+,12+,13-,14+,15?/m1/s1. The predicted molar refractivity (Wildman–Crippen MR) is 82.5 cm³/mol. The van der Waals surface area contributed by atoms with Crippen molar-refractivity contribution in [1.29, 1.82) is 0 Å². The topological polar surface area (TPSA) is 190 Å². The predicted octanol–water partition coefficient (Wildman–Crippen LogP) is -4.23. The lowest BCUT2D eigenvalue weighted by Crippen LogP contribution is -2.69. The van der Waals surface area contributed by atoms with Gasteiger partial charge in [0.05, 0.1) is 13.2 Å². The molecular weight excluding hydrogens is 356 g/mol. The van der Waals surface area contributed by atoms with Crippen molar-refractivity contribution in [2.24, 2.45) is 0 Å². The molecule has 2 aliphatic heterocycles. The molecule has 0 aliphatic carbocycles. The molecule has 0 aromatic heterocycles. The van der Waals surface area contributed by atoms with Crippen molar-refractivity contribution < 1.29 is 55.1 Å². The first-order valence-corrected chi connectivity index (χ1v) is 8.50. The molecule has 0 radical (unpaired) electrons. The molecule has 0 spiro atoms. The van der Waals surface area contributed by atoms with Gasteiger partial charge in [-0.3, -0.25) is 0 Å². The van der Waals surface area contributed by atoms with Crippen LogP contribution in [0, 0.1) is 0 Å². The van der Waals surface area contributed by atoms with Gasteiger partial charge in [-0.2, -0.15) is 0 Å². The lowest BCUT2D eigenvalue weighted by molar-refractivity contribution is -0.435. The second kappa shape index (κ2) is 8.29. The molecule has 1 unspecified atom stereocenters. The maximum absolute atomic E-state index is 10.5. The van der Waals surface area contributed by atoms with Crippen molar-refractivity contribution in [2.75, 3.05) is 19.8 Å².